The van der Waals surface area contributed by atoms with Gasteiger partial charge in [0.05, 0.1) is 0 Å². The van der Waals surface area contributed by atoms with E-state index in [1.54, 1.807) is 0 Å². The summed E-state index contributed by atoms with van der Waals surface area (Å²) in [6.45, 7) is 9.74. The van der Waals surface area contributed by atoms with Crippen molar-refractivity contribution in [1.29, 1.82) is 0 Å². The third-order valence-electron chi connectivity index (χ3n) is 2.71. The number of aromatic nitrogens is 2. The van der Waals surface area contributed by atoms with Crippen molar-refractivity contribution in [2.75, 3.05) is 6.54 Å². The molecule has 3 heteroatoms. The van der Waals surface area contributed by atoms with E-state index < -0.39 is 0 Å². The summed E-state index contributed by atoms with van der Waals surface area (Å²) < 4.78 is 0. The highest BCUT2D eigenvalue weighted by molar-refractivity contribution is 5.01. The second-order valence-corrected chi connectivity index (χ2v) is 4.62. The molecule has 0 aliphatic rings. The first-order valence-electron chi connectivity index (χ1n) is 6.15. The van der Waals surface area contributed by atoms with Gasteiger partial charge in [0.25, 0.3) is 0 Å². The van der Waals surface area contributed by atoms with Crippen molar-refractivity contribution in [3.8, 4) is 0 Å². The Kier molecular flexibility index (Phi) is 5.39. The maximum Gasteiger partial charge on any atom is 0.130 e. The maximum atomic E-state index is 4.45. The minimum absolute atomic E-state index is 0.474. The van der Waals surface area contributed by atoms with E-state index in [1.165, 1.54) is 0 Å². The number of hydrogen-bond donors (Lipinski definition) is 1. The molecule has 0 saturated heterocycles. The molecule has 16 heavy (non-hydrogen) atoms. The third-order valence-corrected chi connectivity index (χ3v) is 2.71. The Morgan fingerprint density at radius 2 is 2.12 bits per heavy atom. The number of aryl methyl sites for hydroxylation is 1. The predicted molar refractivity (Wildman–Crippen MR) is 67.4 cm³/mol. The van der Waals surface area contributed by atoms with Gasteiger partial charge in [0.1, 0.15) is 5.82 Å². The summed E-state index contributed by atoms with van der Waals surface area (Å²) in [5, 5.41) is 3.56. The molecular formula is C13H23N3. The molecule has 0 saturated carbocycles. The minimum Gasteiger partial charge on any atom is -0.313 e. The second kappa shape index (κ2) is 6.59. The predicted octanol–water partition coefficient (Wildman–Crippen LogP) is 2.35. The minimum atomic E-state index is 0.474. The van der Waals surface area contributed by atoms with Gasteiger partial charge in [-0.1, -0.05) is 20.8 Å². The van der Waals surface area contributed by atoms with Crippen molar-refractivity contribution in [1.82, 2.24) is 15.3 Å². The lowest BCUT2D eigenvalue weighted by molar-refractivity contribution is 0.391. The van der Waals surface area contributed by atoms with E-state index in [0.717, 1.165) is 30.9 Å². The Balaban J connectivity index is 2.60. The summed E-state index contributed by atoms with van der Waals surface area (Å²) in [6.07, 6.45) is 3.92. The highest BCUT2D eigenvalue weighted by Gasteiger charge is 2.14. The molecule has 1 atom stereocenters. The van der Waals surface area contributed by atoms with Crippen LogP contribution in [-0.4, -0.2) is 22.6 Å². The monoisotopic (exact) mass is 221 g/mol. The van der Waals surface area contributed by atoms with Crippen LogP contribution in [0.15, 0.2) is 12.3 Å². The Labute approximate surface area is 98.7 Å². The lowest BCUT2D eigenvalue weighted by Gasteiger charge is -2.21. The van der Waals surface area contributed by atoms with E-state index in [-0.39, 0.29) is 0 Å². The van der Waals surface area contributed by atoms with Crippen LogP contribution in [0.5, 0.6) is 0 Å². The quantitative estimate of drug-likeness (QED) is 0.801. The molecule has 0 aromatic carbocycles. The van der Waals surface area contributed by atoms with E-state index in [9.17, 15) is 0 Å². The van der Waals surface area contributed by atoms with E-state index >= 15 is 0 Å². The third kappa shape index (κ3) is 4.27. The Morgan fingerprint density at radius 1 is 1.38 bits per heavy atom. The molecule has 90 valence electrons. The number of nitrogens with one attached hydrogen (secondary N) is 1. The van der Waals surface area contributed by atoms with Gasteiger partial charge in [0, 0.05) is 24.4 Å². The highest BCUT2D eigenvalue weighted by atomic mass is 14.9. The van der Waals surface area contributed by atoms with Crippen molar-refractivity contribution in [2.45, 2.75) is 46.6 Å². The zero-order valence-corrected chi connectivity index (χ0v) is 10.8. The van der Waals surface area contributed by atoms with Crippen LogP contribution in [0, 0.1) is 12.8 Å². The summed E-state index contributed by atoms with van der Waals surface area (Å²) in [6, 6.07) is 2.41. The van der Waals surface area contributed by atoms with Gasteiger partial charge in [0.2, 0.25) is 0 Å². The summed E-state index contributed by atoms with van der Waals surface area (Å²) >= 11 is 0. The molecule has 0 aliphatic heterocycles. The molecule has 1 aromatic heterocycles. The molecule has 3 nitrogen and oxygen atoms in total. The number of nitrogens with zero attached hydrogens (tertiary/aromatic N) is 2. The van der Waals surface area contributed by atoms with Gasteiger partial charge < -0.3 is 5.32 Å². The Morgan fingerprint density at radius 3 is 2.69 bits per heavy atom. The van der Waals surface area contributed by atoms with Gasteiger partial charge in [-0.3, -0.25) is 0 Å². The van der Waals surface area contributed by atoms with Crippen LogP contribution in [0.3, 0.4) is 0 Å². The van der Waals surface area contributed by atoms with Crippen molar-refractivity contribution < 1.29 is 0 Å². The van der Waals surface area contributed by atoms with E-state index in [0.29, 0.717) is 12.0 Å². The zero-order valence-electron chi connectivity index (χ0n) is 10.8. The summed E-state index contributed by atoms with van der Waals surface area (Å²) in [5.74, 6) is 1.55. The summed E-state index contributed by atoms with van der Waals surface area (Å²) in [5.41, 5.74) is 1.04. The average Bonchev–Trinajstić information content (AvgIpc) is 2.24. The Hall–Kier alpha value is -0.960. The topological polar surface area (TPSA) is 37.8 Å². The first-order chi connectivity index (χ1) is 7.63. The van der Waals surface area contributed by atoms with Crippen LogP contribution >= 0.6 is 0 Å². The van der Waals surface area contributed by atoms with Crippen molar-refractivity contribution in [3.05, 3.63) is 23.8 Å². The molecule has 0 bridgehead atoms. The fourth-order valence-electron chi connectivity index (χ4n) is 1.67. The van der Waals surface area contributed by atoms with Crippen molar-refractivity contribution in [2.24, 2.45) is 5.92 Å². The molecule has 1 aromatic rings. The molecule has 1 rings (SSSR count). The largest absolute Gasteiger partial charge is 0.313 e. The Bertz CT molecular complexity index is 310. The molecule has 0 spiro atoms. The van der Waals surface area contributed by atoms with Gasteiger partial charge >= 0.3 is 0 Å². The van der Waals surface area contributed by atoms with Crippen LogP contribution in [-0.2, 0) is 6.42 Å². The molecule has 0 aliphatic carbocycles. The van der Waals surface area contributed by atoms with Crippen LogP contribution in [0.25, 0.3) is 0 Å². The molecule has 1 unspecified atom stereocenters. The van der Waals surface area contributed by atoms with Crippen molar-refractivity contribution >= 4 is 0 Å². The van der Waals surface area contributed by atoms with E-state index in [4.69, 9.17) is 0 Å². The summed E-state index contributed by atoms with van der Waals surface area (Å²) in [4.78, 5) is 8.77. The zero-order chi connectivity index (χ0) is 12.0. The van der Waals surface area contributed by atoms with Crippen LogP contribution in [0.4, 0.5) is 0 Å². The summed E-state index contributed by atoms with van der Waals surface area (Å²) in [7, 11) is 0. The molecular weight excluding hydrogens is 198 g/mol. The van der Waals surface area contributed by atoms with Crippen LogP contribution in [0.1, 0.15) is 38.7 Å². The van der Waals surface area contributed by atoms with E-state index in [2.05, 4.69) is 36.1 Å². The molecule has 0 radical (unpaired) electrons. The normalized spacial score (nSPS) is 13.1. The molecule has 0 amide bonds. The lowest BCUT2D eigenvalue weighted by Crippen LogP contribution is -2.36. The van der Waals surface area contributed by atoms with Gasteiger partial charge in [0.15, 0.2) is 0 Å². The number of rotatable bonds is 6. The number of hydrogen-bond acceptors (Lipinski definition) is 3. The van der Waals surface area contributed by atoms with Gasteiger partial charge in [-0.05, 0) is 31.9 Å². The van der Waals surface area contributed by atoms with E-state index in [1.807, 2.05) is 19.2 Å². The highest BCUT2D eigenvalue weighted by Crippen LogP contribution is 2.07. The second-order valence-electron chi connectivity index (χ2n) is 4.62. The van der Waals surface area contributed by atoms with Gasteiger partial charge in [-0.25, -0.2) is 9.97 Å². The SMILES string of the molecule is CCCNC(Cc1nccc(C)n1)C(C)C. The smallest absolute Gasteiger partial charge is 0.130 e. The van der Waals surface area contributed by atoms with Gasteiger partial charge in [-0.2, -0.15) is 0 Å². The van der Waals surface area contributed by atoms with Crippen molar-refractivity contribution in [3.63, 3.8) is 0 Å². The molecule has 1 N–H and O–H groups in total. The first kappa shape index (κ1) is 13.1. The molecule has 1 heterocycles. The van der Waals surface area contributed by atoms with Gasteiger partial charge in [-0.15, -0.1) is 0 Å². The lowest BCUT2D eigenvalue weighted by atomic mass is 10.0. The maximum absolute atomic E-state index is 4.45. The van der Waals surface area contributed by atoms with Crippen LogP contribution < -0.4 is 5.32 Å². The fourth-order valence-corrected chi connectivity index (χ4v) is 1.67. The average molecular weight is 221 g/mol. The first-order valence-corrected chi connectivity index (χ1v) is 6.15. The fraction of sp³-hybridized carbons (Fsp3) is 0.692. The molecule has 0 fully saturated rings. The standard InChI is InChI=1S/C13H23N3/c1-5-7-14-12(10(2)3)9-13-15-8-6-11(4)16-13/h6,8,10,12,14H,5,7,9H2,1-4H3. The van der Waals surface area contributed by atoms with Crippen LogP contribution in [0.2, 0.25) is 0 Å².